The fourth-order valence-electron chi connectivity index (χ4n) is 4.80. The maximum Gasteiger partial charge on any atom is 0.233 e. The molecule has 2 aliphatic rings. The maximum absolute atomic E-state index is 13.6. The van der Waals surface area contributed by atoms with Crippen molar-refractivity contribution in [3.8, 4) is 0 Å². The Morgan fingerprint density at radius 2 is 1.80 bits per heavy atom. The highest BCUT2D eigenvalue weighted by Crippen LogP contribution is 2.42. The summed E-state index contributed by atoms with van der Waals surface area (Å²) in [5.41, 5.74) is 2.30. The quantitative estimate of drug-likeness (QED) is 0.873. The van der Waals surface area contributed by atoms with E-state index in [2.05, 4.69) is 41.4 Å². The number of amides is 1. The van der Waals surface area contributed by atoms with Crippen LogP contribution in [0, 0.1) is 12.8 Å². The number of halogens is 1. The normalized spacial score (nSPS) is 20.8. The molecule has 140 valence electrons. The molecule has 3 nitrogen and oxygen atoms in total. The number of rotatable bonds is 4. The van der Waals surface area contributed by atoms with Crippen LogP contribution in [0.3, 0.4) is 0 Å². The molecule has 1 saturated heterocycles. The smallest absolute Gasteiger partial charge is 0.233 e. The molecule has 1 saturated carbocycles. The van der Waals surface area contributed by atoms with Crippen LogP contribution in [0.2, 0.25) is 0 Å². The lowest BCUT2D eigenvalue weighted by molar-refractivity contribution is -0.140. The van der Waals surface area contributed by atoms with Crippen LogP contribution in [-0.4, -0.2) is 37.5 Å². The van der Waals surface area contributed by atoms with E-state index in [4.69, 9.17) is 0 Å². The van der Waals surface area contributed by atoms with Gasteiger partial charge in [-0.25, -0.2) is 0 Å². The van der Waals surface area contributed by atoms with Gasteiger partial charge in [-0.2, -0.15) is 0 Å². The van der Waals surface area contributed by atoms with Gasteiger partial charge in [0, 0.05) is 13.1 Å². The second kappa shape index (κ2) is 9.05. The Morgan fingerprint density at radius 1 is 1.16 bits per heavy atom. The van der Waals surface area contributed by atoms with Crippen molar-refractivity contribution in [1.29, 1.82) is 0 Å². The fraction of sp³-hybridized carbons (Fsp3) is 0.667. The molecule has 1 heterocycles. The molecule has 0 unspecified atom stereocenters. The number of hydrogen-bond acceptors (Lipinski definition) is 2. The van der Waals surface area contributed by atoms with Crippen LogP contribution in [0.25, 0.3) is 0 Å². The third-order valence-electron chi connectivity index (χ3n) is 6.17. The van der Waals surface area contributed by atoms with Crippen LogP contribution < -0.4 is 5.32 Å². The van der Waals surface area contributed by atoms with Gasteiger partial charge in [0.1, 0.15) is 0 Å². The van der Waals surface area contributed by atoms with Gasteiger partial charge in [-0.1, -0.05) is 43.5 Å². The summed E-state index contributed by atoms with van der Waals surface area (Å²) in [6, 6.07) is 8.55. The lowest BCUT2D eigenvalue weighted by Crippen LogP contribution is -2.51. The van der Waals surface area contributed by atoms with Crippen molar-refractivity contribution in [2.75, 3.05) is 26.7 Å². The third-order valence-corrected chi connectivity index (χ3v) is 6.17. The standard InChI is InChI=1S/C21H32N2O.ClH/c1-17-8-4-5-9-19(17)21(12-6-3-7-13-21)20(24)23-14-10-18(11-15-23)16-22-2;/h4-5,8-9,18,22H,3,6-7,10-16H2,1-2H3;1H. The number of nitrogens with one attached hydrogen (secondary N) is 1. The lowest BCUT2D eigenvalue weighted by Gasteiger charge is -2.43. The first-order chi connectivity index (χ1) is 11.7. The molecular weight excluding hydrogens is 332 g/mol. The number of piperidine rings is 1. The molecule has 0 spiro atoms. The lowest BCUT2D eigenvalue weighted by atomic mass is 9.67. The number of aryl methyl sites for hydroxylation is 1. The third kappa shape index (κ3) is 4.20. The predicted octanol–water partition coefficient (Wildman–Crippen LogP) is 4.08. The van der Waals surface area contributed by atoms with Gasteiger partial charge >= 0.3 is 0 Å². The first kappa shape index (κ1) is 20.3. The molecular formula is C21H33ClN2O. The number of likely N-dealkylation sites (tertiary alicyclic amines) is 1. The van der Waals surface area contributed by atoms with E-state index in [1.807, 2.05) is 7.05 Å². The van der Waals surface area contributed by atoms with Gasteiger partial charge in [-0.05, 0) is 63.2 Å². The van der Waals surface area contributed by atoms with Crippen LogP contribution in [0.15, 0.2) is 24.3 Å². The summed E-state index contributed by atoms with van der Waals surface area (Å²) in [5.74, 6) is 1.12. The van der Waals surface area contributed by atoms with E-state index in [9.17, 15) is 4.79 Å². The largest absolute Gasteiger partial charge is 0.342 e. The minimum absolute atomic E-state index is 0. The highest BCUT2D eigenvalue weighted by atomic mass is 35.5. The molecule has 0 aromatic heterocycles. The summed E-state index contributed by atoms with van der Waals surface area (Å²) < 4.78 is 0. The van der Waals surface area contributed by atoms with Crippen molar-refractivity contribution in [3.63, 3.8) is 0 Å². The van der Waals surface area contributed by atoms with Crippen LogP contribution in [-0.2, 0) is 10.2 Å². The number of carbonyl (C=O) groups is 1. The van der Waals surface area contributed by atoms with Crippen molar-refractivity contribution in [1.82, 2.24) is 10.2 Å². The molecule has 1 aliphatic heterocycles. The van der Waals surface area contributed by atoms with Gasteiger partial charge in [-0.15, -0.1) is 12.4 Å². The van der Waals surface area contributed by atoms with Gasteiger partial charge in [0.05, 0.1) is 5.41 Å². The van der Waals surface area contributed by atoms with Crippen molar-refractivity contribution < 1.29 is 4.79 Å². The van der Waals surface area contributed by atoms with E-state index < -0.39 is 0 Å². The van der Waals surface area contributed by atoms with Gasteiger partial charge in [0.25, 0.3) is 0 Å². The number of hydrogen-bond donors (Lipinski definition) is 1. The summed E-state index contributed by atoms with van der Waals surface area (Å²) >= 11 is 0. The Hall–Kier alpha value is -1.06. The monoisotopic (exact) mass is 364 g/mol. The molecule has 4 heteroatoms. The van der Waals surface area contributed by atoms with E-state index in [0.717, 1.165) is 51.2 Å². The Kier molecular flexibility index (Phi) is 7.33. The van der Waals surface area contributed by atoms with Crippen LogP contribution in [0.5, 0.6) is 0 Å². The average molecular weight is 365 g/mol. The Bertz CT molecular complexity index is 561. The molecule has 25 heavy (non-hydrogen) atoms. The van der Waals surface area contributed by atoms with Gasteiger partial charge < -0.3 is 10.2 Å². The minimum Gasteiger partial charge on any atom is -0.342 e. The van der Waals surface area contributed by atoms with Crippen LogP contribution in [0.4, 0.5) is 0 Å². The molecule has 2 fully saturated rings. The molecule has 3 rings (SSSR count). The SMILES string of the molecule is CNCC1CCN(C(=O)C2(c3ccccc3C)CCCCC2)CC1.Cl. The topological polar surface area (TPSA) is 32.3 Å². The van der Waals surface area contributed by atoms with Crippen molar-refractivity contribution >= 4 is 18.3 Å². The van der Waals surface area contributed by atoms with Gasteiger partial charge in [-0.3, -0.25) is 4.79 Å². The zero-order valence-corrected chi connectivity index (χ0v) is 16.5. The van der Waals surface area contributed by atoms with Gasteiger partial charge in [0.2, 0.25) is 5.91 Å². The number of nitrogens with zero attached hydrogens (tertiary/aromatic N) is 1. The molecule has 1 aromatic rings. The Balaban J connectivity index is 0.00000225. The molecule has 0 radical (unpaired) electrons. The Morgan fingerprint density at radius 3 is 2.40 bits per heavy atom. The van der Waals surface area contributed by atoms with Crippen LogP contribution >= 0.6 is 12.4 Å². The van der Waals surface area contributed by atoms with E-state index >= 15 is 0 Å². The summed E-state index contributed by atoms with van der Waals surface area (Å²) in [4.78, 5) is 15.8. The molecule has 1 aromatic carbocycles. The molecule has 1 aliphatic carbocycles. The molecule has 0 bridgehead atoms. The zero-order valence-electron chi connectivity index (χ0n) is 15.7. The molecule has 0 atom stereocenters. The van der Waals surface area contributed by atoms with E-state index in [1.165, 1.54) is 30.4 Å². The second-order valence-corrected chi connectivity index (χ2v) is 7.75. The van der Waals surface area contributed by atoms with Crippen molar-refractivity contribution in [3.05, 3.63) is 35.4 Å². The van der Waals surface area contributed by atoms with E-state index in [0.29, 0.717) is 5.91 Å². The molecule has 1 N–H and O–H groups in total. The average Bonchev–Trinajstić information content (AvgIpc) is 2.63. The van der Waals surface area contributed by atoms with E-state index in [-0.39, 0.29) is 17.8 Å². The summed E-state index contributed by atoms with van der Waals surface area (Å²) in [6.45, 7) is 5.10. The first-order valence-electron chi connectivity index (χ1n) is 9.67. The van der Waals surface area contributed by atoms with Crippen LogP contribution in [0.1, 0.15) is 56.1 Å². The van der Waals surface area contributed by atoms with E-state index in [1.54, 1.807) is 0 Å². The summed E-state index contributed by atoms with van der Waals surface area (Å²) in [5, 5.41) is 3.28. The van der Waals surface area contributed by atoms with Crippen molar-refractivity contribution in [2.24, 2.45) is 5.92 Å². The highest BCUT2D eigenvalue weighted by Gasteiger charge is 2.44. The second-order valence-electron chi connectivity index (χ2n) is 7.75. The van der Waals surface area contributed by atoms with Gasteiger partial charge in [0.15, 0.2) is 0 Å². The first-order valence-corrected chi connectivity index (χ1v) is 9.67. The Labute approximate surface area is 159 Å². The highest BCUT2D eigenvalue weighted by molar-refractivity contribution is 5.89. The molecule has 1 amide bonds. The summed E-state index contributed by atoms with van der Waals surface area (Å²) in [6.07, 6.45) is 7.94. The predicted molar refractivity (Wildman–Crippen MR) is 106 cm³/mol. The van der Waals surface area contributed by atoms with Crippen molar-refractivity contribution in [2.45, 2.75) is 57.3 Å². The number of benzene rings is 1. The number of carbonyl (C=O) groups excluding carboxylic acids is 1. The summed E-state index contributed by atoms with van der Waals surface area (Å²) in [7, 11) is 2.02. The maximum atomic E-state index is 13.6. The fourth-order valence-corrected chi connectivity index (χ4v) is 4.80. The minimum atomic E-state index is -0.264. The zero-order chi connectivity index (χ0) is 17.0.